The third kappa shape index (κ3) is 3.38. The molecular formula is C17H14ClN3O3. The minimum atomic E-state index is -1.11. The lowest BCUT2D eigenvalue weighted by Gasteiger charge is -2.06. The van der Waals surface area contributed by atoms with Crippen LogP contribution in [0.2, 0.25) is 5.02 Å². The molecule has 2 heterocycles. The number of aromatic carboxylic acids is 1. The summed E-state index contributed by atoms with van der Waals surface area (Å²) in [5.74, 6) is -1.39. The third-order valence-corrected chi connectivity index (χ3v) is 3.87. The van der Waals surface area contributed by atoms with Gasteiger partial charge in [-0.15, -0.1) is 0 Å². The summed E-state index contributed by atoms with van der Waals surface area (Å²) in [5.41, 5.74) is 1.92. The number of aromatic nitrogens is 2. The molecule has 0 aliphatic carbocycles. The molecule has 1 aromatic carbocycles. The number of amides is 1. The summed E-state index contributed by atoms with van der Waals surface area (Å²) in [6, 6.07) is 8.65. The van der Waals surface area contributed by atoms with E-state index in [1.54, 1.807) is 36.7 Å². The van der Waals surface area contributed by atoms with Crippen LogP contribution >= 0.6 is 11.6 Å². The first-order valence-electron chi connectivity index (χ1n) is 7.23. The first kappa shape index (κ1) is 16.0. The van der Waals surface area contributed by atoms with Gasteiger partial charge in [-0.1, -0.05) is 17.7 Å². The Morgan fingerprint density at radius 3 is 2.83 bits per heavy atom. The van der Waals surface area contributed by atoms with Crippen LogP contribution in [-0.2, 0) is 17.8 Å². The lowest BCUT2D eigenvalue weighted by atomic mass is 10.1. The van der Waals surface area contributed by atoms with E-state index in [0.29, 0.717) is 28.0 Å². The molecule has 0 bridgehead atoms. The van der Waals surface area contributed by atoms with Crippen molar-refractivity contribution in [3.63, 3.8) is 0 Å². The molecule has 0 aliphatic rings. The Morgan fingerprint density at radius 1 is 1.29 bits per heavy atom. The van der Waals surface area contributed by atoms with E-state index in [4.69, 9.17) is 11.6 Å². The first-order valence-corrected chi connectivity index (χ1v) is 7.61. The quantitative estimate of drug-likeness (QED) is 0.663. The molecule has 0 aliphatic heterocycles. The van der Waals surface area contributed by atoms with Crippen molar-refractivity contribution in [3.05, 3.63) is 64.6 Å². The van der Waals surface area contributed by atoms with Crippen LogP contribution in [0, 0.1) is 0 Å². The van der Waals surface area contributed by atoms with Crippen molar-refractivity contribution in [2.24, 2.45) is 0 Å². The maximum atomic E-state index is 12.2. The highest BCUT2D eigenvalue weighted by Crippen LogP contribution is 2.26. The van der Waals surface area contributed by atoms with E-state index in [1.165, 1.54) is 0 Å². The molecular weight excluding hydrogens is 330 g/mol. The van der Waals surface area contributed by atoms with E-state index in [2.05, 4.69) is 15.3 Å². The third-order valence-electron chi connectivity index (χ3n) is 3.63. The number of hydrogen-bond acceptors (Lipinski definition) is 3. The molecule has 0 saturated heterocycles. The summed E-state index contributed by atoms with van der Waals surface area (Å²) < 4.78 is 0. The average Bonchev–Trinajstić information content (AvgIpc) is 2.92. The van der Waals surface area contributed by atoms with Gasteiger partial charge in [-0.25, -0.2) is 4.79 Å². The topological polar surface area (TPSA) is 95.1 Å². The van der Waals surface area contributed by atoms with E-state index in [0.717, 1.165) is 5.56 Å². The molecule has 3 N–H and O–H groups in total. The molecule has 3 aromatic rings. The number of nitrogens with zero attached hydrogens (tertiary/aromatic N) is 1. The molecule has 6 nitrogen and oxygen atoms in total. The van der Waals surface area contributed by atoms with Crippen LogP contribution < -0.4 is 5.32 Å². The van der Waals surface area contributed by atoms with Crippen LogP contribution in [0.1, 0.15) is 21.6 Å². The van der Waals surface area contributed by atoms with E-state index in [1.807, 2.05) is 6.07 Å². The van der Waals surface area contributed by atoms with Crippen LogP contribution in [0.4, 0.5) is 0 Å². The van der Waals surface area contributed by atoms with Crippen molar-refractivity contribution in [1.82, 2.24) is 15.3 Å². The van der Waals surface area contributed by atoms with E-state index >= 15 is 0 Å². The number of rotatable bonds is 5. The van der Waals surface area contributed by atoms with Crippen molar-refractivity contribution in [2.75, 3.05) is 0 Å². The van der Waals surface area contributed by atoms with Crippen LogP contribution in [0.5, 0.6) is 0 Å². The van der Waals surface area contributed by atoms with Gasteiger partial charge in [-0.3, -0.25) is 9.78 Å². The molecule has 0 fully saturated rings. The number of carboxylic acids is 1. The van der Waals surface area contributed by atoms with Crippen LogP contribution in [0.15, 0.2) is 42.7 Å². The first-order chi connectivity index (χ1) is 11.5. The predicted molar refractivity (Wildman–Crippen MR) is 90.1 cm³/mol. The summed E-state index contributed by atoms with van der Waals surface area (Å²) >= 11 is 5.99. The number of halogens is 1. The van der Waals surface area contributed by atoms with Gasteiger partial charge in [0.25, 0.3) is 0 Å². The minimum absolute atomic E-state index is 0.00351. The number of hydrogen-bond donors (Lipinski definition) is 3. The number of carboxylic acid groups (broad SMARTS) is 1. The Balaban J connectivity index is 1.83. The summed E-state index contributed by atoms with van der Waals surface area (Å²) in [6.07, 6.45) is 3.26. The number of fused-ring (bicyclic) bond motifs is 1. The molecule has 3 rings (SSSR count). The maximum Gasteiger partial charge on any atom is 0.352 e. The number of H-pyrrole nitrogens is 1. The normalized spacial score (nSPS) is 10.7. The van der Waals surface area contributed by atoms with E-state index in [-0.39, 0.29) is 18.0 Å². The van der Waals surface area contributed by atoms with Crippen molar-refractivity contribution in [2.45, 2.75) is 13.0 Å². The second-order valence-corrected chi connectivity index (χ2v) is 5.72. The Labute approximate surface area is 142 Å². The molecule has 24 heavy (non-hydrogen) atoms. The molecule has 0 radical (unpaired) electrons. The molecule has 7 heteroatoms. The van der Waals surface area contributed by atoms with Crippen molar-refractivity contribution in [3.8, 4) is 0 Å². The number of benzene rings is 1. The predicted octanol–water partition coefficient (Wildman–Crippen LogP) is 2.77. The van der Waals surface area contributed by atoms with Gasteiger partial charge >= 0.3 is 5.97 Å². The van der Waals surface area contributed by atoms with Gasteiger partial charge < -0.3 is 15.4 Å². The van der Waals surface area contributed by atoms with Crippen molar-refractivity contribution < 1.29 is 14.7 Å². The zero-order valence-electron chi connectivity index (χ0n) is 12.5. The number of nitrogens with one attached hydrogen (secondary N) is 2. The smallest absolute Gasteiger partial charge is 0.352 e. The van der Waals surface area contributed by atoms with E-state index < -0.39 is 5.97 Å². The molecule has 2 aromatic heterocycles. The molecule has 1 amide bonds. The minimum Gasteiger partial charge on any atom is -0.477 e. The molecule has 122 valence electrons. The number of carbonyl (C=O) groups excluding carboxylic acids is 1. The Morgan fingerprint density at radius 2 is 2.12 bits per heavy atom. The molecule has 0 spiro atoms. The Hall–Kier alpha value is -2.86. The maximum absolute atomic E-state index is 12.2. The van der Waals surface area contributed by atoms with Gasteiger partial charge in [-0.05, 0) is 29.8 Å². The number of carbonyl (C=O) groups is 2. The SMILES string of the molecule is O=C(Cc1c(C(=O)O)[nH]c2ccc(Cl)cc12)NCc1cccnc1. The largest absolute Gasteiger partial charge is 0.477 e. The van der Waals surface area contributed by atoms with Crippen LogP contribution in [0.25, 0.3) is 10.9 Å². The summed E-state index contributed by atoms with van der Waals surface area (Å²) in [4.78, 5) is 30.4. The zero-order valence-corrected chi connectivity index (χ0v) is 13.3. The van der Waals surface area contributed by atoms with Crippen LogP contribution in [-0.4, -0.2) is 27.0 Å². The second-order valence-electron chi connectivity index (χ2n) is 5.29. The fourth-order valence-corrected chi connectivity index (χ4v) is 2.68. The van der Waals surface area contributed by atoms with Gasteiger partial charge in [0.1, 0.15) is 5.69 Å². The monoisotopic (exact) mass is 343 g/mol. The second kappa shape index (κ2) is 6.72. The van der Waals surface area contributed by atoms with Gasteiger partial charge in [0, 0.05) is 40.4 Å². The lowest BCUT2D eigenvalue weighted by Crippen LogP contribution is -2.25. The Bertz CT molecular complexity index is 906. The van der Waals surface area contributed by atoms with Gasteiger partial charge in [-0.2, -0.15) is 0 Å². The summed E-state index contributed by atoms with van der Waals surface area (Å²) in [6.45, 7) is 0.332. The van der Waals surface area contributed by atoms with Gasteiger partial charge in [0.2, 0.25) is 5.91 Å². The Kier molecular flexibility index (Phi) is 4.48. The van der Waals surface area contributed by atoms with Gasteiger partial charge in [0.05, 0.1) is 6.42 Å². The zero-order chi connectivity index (χ0) is 17.1. The number of aromatic amines is 1. The fraction of sp³-hybridized carbons (Fsp3) is 0.118. The van der Waals surface area contributed by atoms with E-state index in [9.17, 15) is 14.7 Å². The van der Waals surface area contributed by atoms with Gasteiger partial charge in [0.15, 0.2) is 0 Å². The molecule has 0 atom stereocenters. The molecule has 0 saturated carbocycles. The highest BCUT2D eigenvalue weighted by molar-refractivity contribution is 6.31. The van der Waals surface area contributed by atoms with Crippen molar-refractivity contribution >= 4 is 34.4 Å². The fourth-order valence-electron chi connectivity index (χ4n) is 2.51. The highest BCUT2D eigenvalue weighted by atomic mass is 35.5. The average molecular weight is 344 g/mol. The highest BCUT2D eigenvalue weighted by Gasteiger charge is 2.19. The summed E-state index contributed by atoms with van der Waals surface area (Å²) in [7, 11) is 0. The summed E-state index contributed by atoms with van der Waals surface area (Å²) in [5, 5.41) is 13.2. The molecule has 0 unspecified atom stereocenters. The standard InChI is InChI=1S/C17H14ClN3O3/c18-11-3-4-14-12(6-11)13(16(21-14)17(23)24)7-15(22)20-9-10-2-1-5-19-8-10/h1-6,8,21H,7,9H2,(H,20,22)(H,23,24). The number of pyridine rings is 1. The van der Waals surface area contributed by atoms with Crippen molar-refractivity contribution in [1.29, 1.82) is 0 Å². The lowest BCUT2D eigenvalue weighted by molar-refractivity contribution is -0.120. The van der Waals surface area contributed by atoms with Crippen LogP contribution in [0.3, 0.4) is 0 Å².